The molecule has 0 aliphatic carbocycles. The number of hydrogen-bond acceptors (Lipinski definition) is 3. The average Bonchev–Trinajstić information content (AvgIpc) is 2.72. The van der Waals surface area contributed by atoms with Gasteiger partial charge >= 0.3 is 5.97 Å². The summed E-state index contributed by atoms with van der Waals surface area (Å²) in [5, 5.41) is 11.9. The summed E-state index contributed by atoms with van der Waals surface area (Å²) in [5.41, 5.74) is 0. The smallest absolute Gasteiger partial charge is 0.304 e. The van der Waals surface area contributed by atoms with Crippen molar-refractivity contribution in [3.63, 3.8) is 0 Å². The second kappa shape index (κ2) is 23.0. The topological polar surface area (TPSA) is 66.4 Å². The summed E-state index contributed by atoms with van der Waals surface area (Å²) in [6.45, 7) is 2.85. The number of aliphatic carboxylic acids is 1. The summed E-state index contributed by atoms with van der Waals surface area (Å²) < 4.78 is 0. The Labute approximate surface area is 191 Å². The summed E-state index contributed by atoms with van der Waals surface area (Å²) in [4.78, 5) is 23.2. The predicted molar refractivity (Wildman–Crippen MR) is 131 cm³/mol. The Balaban J connectivity index is 3.52. The number of nitrogens with one attached hydrogen (secondary N) is 1. The van der Waals surface area contributed by atoms with Crippen LogP contribution in [0.1, 0.15) is 129 Å². The van der Waals surface area contributed by atoms with Crippen molar-refractivity contribution in [2.75, 3.05) is 12.3 Å². The molecule has 0 bridgehead atoms. The van der Waals surface area contributed by atoms with E-state index in [1.165, 1.54) is 89.9 Å². The van der Waals surface area contributed by atoms with Crippen LogP contribution in [-0.2, 0) is 9.59 Å². The van der Waals surface area contributed by atoms with Crippen molar-refractivity contribution in [2.45, 2.75) is 129 Å². The van der Waals surface area contributed by atoms with Gasteiger partial charge in [-0.3, -0.25) is 9.59 Å². The Morgan fingerprint density at radius 1 is 0.733 bits per heavy atom. The standard InChI is InChI=1S/C25H49NO3S/c1-2-3-4-5-6-7-8-9-10-11-12-13-14-15-16-17-19-23(22-24(27)28)25(29)26-20-18-21-30/h23,30H,2-22H2,1H3,(H,26,29)(H,27,28). The van der Waals surface area contributed by atoms with E-state index < -0.39 is 11.9 Å². The molecule has 0 radical (unpaired) electrons. The van der Waals surface area contributed by atoms with Gasteiger partial charge in [0.25, 0.3) is 0 Å². The van der Waals surface area contributed by atoms with Gasteiger partial charge in [0.15, 0.2) is 0 Å². The minimum atomic E-state index is -0.888. The Bertz CT molecular complexity index is 404. The second-order valence-corrected chi connectivity index (χ2v) is 9.20. The van der Waals surface area contributed by atoms with Gasteiger partial charge in [-0.2, -0.15) is 12.6 Å². The van der Waals surface area contributed by atoms with Gasteiger partial charge in [-0.15, -0.1) is 0 Å². The van der Waals surface area contributed by atoms with Crippen molar-refractivity contribution in [3.05, 3.63) is 0 Å². The summed E-state index contributed by atoms with van der Waals surface area (Å²) in [6.07, 6.45) is 22.5. The van der Waals surface area contributed by atoms with Crippen molar-refractivity contribution in [2.24, 2.45) is 5.92 Å². The SMILES string of the molecule is CCCCCCCCCCCCCCCCCCC(CC(=O)O)C(=O)NCCCS. The zero-order valence-corrected chi connectivity index (χ0v) is 20.5. The molecule has 0 saturated carbocycles. The molecule has 1 atom stereocenters. The van der Waals surface area contributed by atoms with Crippen molar-refractivity contribution in [1.82, 2.24) is 5.32 Å². The quantitative estimate of drug-likeness (QED) is 0.116. The highest BCUT2D eigenvalue weighted by Crippen LogP contribution is 2.17. The van der Waals surface area contributed by atoms with E-state index in [0.29, 0.717) is 13.0 Å². The second-order valence-electron chi connectivity index (χ2n) is 8.75. The number of unbranched alkanes of at least 4 members (excludes halogenated alkanes) is 15. The maximum Gasteiger partial charge on any atom is 0.304 e. The molecule has 0 spiro atoms. The number of carbonyl (C=O) groups excluding carboxylic acids is 1. The van der Waals surface area contributed by atoms with Gasteiger partial charge in [-0.25, -0.2) is 0 Å². The number of carbonyl (C=O) groups is 2. The molecule has 0 aliphatic heterocycles. The molecule has 4 nitrogen and oxygen atoms in total. The Hall–Kier alpha value is -0.710. The van der Waals surface area contributed by atoms with Crippen LogP contribution in [0.3, 0.4) is 0 Å². The molecule has 1 amide bonds. The zero-order valence-electron chi connectivity index (χ0n) is 19.6. The van der Waals surface area contributed by atoms with Gasteiger partial charge in [0, 0.05) is 12.5 Å². The number of amides is 1. The van der Waals surface area contributed by atoms with Crippen molar-refractivity contribution in [3.8, 4) is 0 Å². The number of thiol groups is 1. The highest BCUT2D eigenvalue weighted by atomic mass is 32.1. The van der Waals surface area contributed by atoms with Crippen molar-refractivity contribution < 1.29 is 14.7 Å². The fraction of sp³-hybridized carbons (Fsp3) is 0.920. The zero-order chi connectivity index (χ0) is 22.3. The first-order valence-corrected chi connectivity index (χ1v) is 13.3. The highest BCUT2D eigenvalue weighted by molar-refractivity contribution is 7.80. The van der Waals surface area contributed by atoms with Crippen LogP contribution >= 0.6 is 12.6 Å². The molecule has 0 rings (SSSR count). The fourth-order valence-corrected chi connectivity index (χ4v) is 4.07. The third-order valence-electron chi connectivity index (χ3n) is 5.83. The lowest BCUT2D eigenvalue weighted by molar-refractivity contribution is -0.141. The lowest BCUT2D eigenvalue weighted by Gasteiger charge is -2.14. The van der Waals surface area contributed by atoms with Gasteiger partial charge in [-0.1, -0.05) is 110 Å². The monoisotopic (exact) mass is 443 g/mol. The summed E-state index contributed by atoms with van der Waals surface area (Å²) >= 11 is 4.13. The minimum absolute atomic E-state index is 0.0640. The molecule has 0 heterocycles. The molecular formula is C25H49NO3S. The van der Waals surface area contributed by atoms with E-state index in [2.05, 4.69) is 24.9 Å². The van der Waals surface area contributed by atoms with Crippen LogP contribution in [0.5, 0.6) is 0 Å². The molecule has 178 valence electrons. The van der Waals surface area contributed by atoms with Gasteiger partial charge in [-0.05, 0) is 18.6 Å². The van der Waals surface area contributed by atoms with E-state index in [4.69, 9.17) is 5.11 Å². The maximum atomic E-state index is 12.1. The first-order valence-electron chi connectivity index (χ1n) is 12.7. The summed E-state index contributed by atoms with van der Waals surface area (Å²) in [6, 6.07) is 0. The molecule has 30 heavy (non-hydrogen) atoms. The van der Waals surface area contributed by atoms with Crippen molar-refractivity contribution in [1.29, 1.82) is 0 Å². The van der Waals surface area contributed by atoms with Gasteiger partial charge < -0.3 is 10.4 Å². The van der Waals surface area contributed by atoms with Crippen LogP contribution in [0.15, 0.2) is 0 Å². The first kappa shape index (κ1) is 29.3. The third-order valence-corrected chi connectivity index (χ3v) is 6.15. The Kier molecular flexibility index (Phi) is 22.4. The molecule has 0 aromatic heterocycles. The van der Waals surface area contributed by atoms with Crippen LogP contribution < -0.4 is 5.32 Å². The lowest BCUT2D eigenvalue weighted by atomic mass is 9.96. The van der Waals surface area contributed by atoms with Crippen LogP contribution in [0.4, 0.5) is 0 Å². The summed E-state index contributed by atoms with van der Waals surface area (Å²) in [7, 11) is 0. The van der Waals surface area contributed by atoms with E-state index in [1.54, 1.807) is 0 Å². The number of carboxylic acid groups (broad SMARTS) is 1. The summed E-state index contributed by atoms with van der Waals surface area (Å²) in [5.74, 6) is -0.668. The minimum Gasteiger partial charge on any atom is -0.481 e. The Morgan fingerprint density at radius 2 is 1.17 bits per heavy atom. The molecule has 0 saturated heterocycles. The van der Waals surface area contributed by atoms with Crippen LogP contribution in [0.25, 0.3) is 0 Å². The van der Waals surface area contributed by atoms with Crippen LogP contribution in [0, 0.1) is 5.92 Å². The van der Waals surface area contributed by atoms with Gasteiger partial charge in [0.05, 0.1) is 6.42 Å². The van der Waals surface area contributed by atoms with Gasteiger partial charge in [0.2, 0.25) is 5.91 Å². The molecule has 0 aromatic carbocycles. The molecule has 0 aromatic rings. The molecular weight excluding hydrogens is 394 g/mol. The number of carboxylic acids is 1. The van der Waals surface area contributed by atoms with E-state index in [0.717, 1.165) is 25.0 Å². The molecule has 2 N–H and O–H groups in total. The molecule has 5 heteroatoms. The Morgan fingerprint density at radius 3 is 1.57 bits per heavy atom. The first-order chi connectivity index (χ1) is 14.6. The van der Waals surface area contributed by atoms with E-state index in [-0.39, 0.29) is 12.3 Å². The average molecular weight is 444 g/mol. The van der Waals surface area contributed by atoms with Crippen LogP contribution in [0.2, 0.25) is 0 Å². The normalized spacial score (nSPS) is 12.1. The lowest BCUT2D eigenvalue weighted by Crippen LogP contribution is -2.33. The molecule has 0 aliphatic rings. The van der Waals surface area contributed by atoms with E-state index in [9.17, 15) is 9.59 Å². The highest BCUT2D eigenvalue weighted by Gasteiger charge is 2.20. The largest absolute Gasteiger partial charge is 0.481 e. The van der Waals surface area contributed by atoms with E-state index >= 15 is 0 Å². The van der Waals surface area contributed by atoms with Gasteiger partial charge in [0.1, 0.15) is 0 Å². The predicted octanol–water partition coefficient (Wildman–Crippen LogP) is 7.17. The van der Waals surface area contributed by atoms with Crippen molar-refractivity contribution >= 4 is 24.5 Å². The van der Waals surface area contributed by atoms with E-state index in [1.807, 2.05) is 0 Å². The molecule has 1 unspecified atom stereocenters. The fourth-order valence-electron chi connectivity index (χ4n) is 3.91. The maximum absolute atomic E-state index is 12.1. The third kappa shape index (κ3) is 20.6. The number of hydrogen-bond donors (Lipinski definition) is 3. The molecule has 0 fully saturated rings. The number of rotatable bonds is 23. The van der Waals surface area contributed by atoms with Crippen LogP contribution in [-0.4, -0.2) is 29.3 Å².